The number of benzene rings is 1. The van der Waals surface area contributed by atoms with Gasteiger partial charge in [0, 0.05) is 11.6 Å². The molecule has 14 heteroatoms. The number of nitrogen functional groups attached to an aromatic ring is 1. The number of anilines is 2. The summed E-state index contributed by atoms with van der Waals surface area (Å²) in [6.07, 6.45) is -2.92. The molecule has 0 bridgehead atoms. The van der Waals surface area contributed by atoms with Crippen LogP contribution < -0.4 is 11.1 Å². The zero-order chi connectivity index (χ0) is 25.7. The smallest absolute Gasteiger partial charge is 0.382 e. The minimum Gasteiger partial charge on any atom is -0.382 e. The van der Waals surface area contributed by atoms with Crippen LogP contribution in [0.5, 0.6) is 0 Å². The van der Waals surface area contributed by atoms with Crippen LogP contribution in [-0.2, 0) is 11.3 Å². The molecule has 1 aliphatic carbocycles. The first-order chi connectivity index (χ1) is 17.1. The number of amides is 1. The molecule has 0 aliphatic heterocycles. The highest BCUT2D eigenvalue weighted by Gasteiger charge is 2.68. The summed E-state index contributed by atoms with van der Waals surface area (Å²) in [6, 6.07) is 6.77. The largest absolute Gasteiger partial charge is 0.403 e. The summed E-state index contributed by atoms with van der Waals surface area (Å²) >= 11 is 0. The molecule has 4 aromatic rings. The Morgan fingerprint density at radius 3 is 2.61 bits per heavy atom. The number of rotatable bonds is 6. The van der Waals surface area contributed by atoms with E-state index in [0.717, 1.165) is 12.3 Å². The summed E-state index contributed by atoms with van der Waals surface area (Å²) in [5.74, 6) is -3.58. The van der Waals surface area contributed by atoms with Gasteiger partial charge >= 0.3 is 6.18 Å². The number of hydrogen-bond donors (Lipinski definition) is 2. The fourth-order valence-electron chi connectivity index (χ4n) is 3.65. The van der Waals surface area contributed by atoms with Gasteiger partial charge in [-0.15, -0.1) is 0 Å². The molecule has 3 N–H and O–H groups in total. The van der Waals surface area contributed by atoms with Crippen molar-refractivity contribution in [2.24, 2.45) is 5.41 Å². The van der Waals surface area contributed by atoms with E-state index in [1.807, 2.05) is 0 Å². The average molecular weight is 505 g/mol. The molecule has 36 heavy (non-hydrogen) atoms. The number of nitrogens with two attached hydrogens (primary N) is 1. The van der Waals surface area contributed by atoms with E-state index in [0.29, 0.717) is 11.4 Å². The molecule has 0 radical (unpaired) electrons. The minimum absolute atomic E-state index is 0.0200. The van der Waals surface area contributed by atoms with Crippen molar-refractivity contribution >= 4 is 17.4 Å². The molecular formula is C22H16F5N7O2. The Labute approximate surface area is 199 Å². The van der Waals surface area contributed by atoms with E-state index in [1.165, 1.54) is 35.2 Å². The molecule has 0 saturated heterocycles. The first kappa shape index (κ1) is 23.4. The van der Waals surface area contributed by atoms with Gasteiger partial charge in [-0.3, -0.25) is 9.48 Å². The quantitative estimate of drug-likeness (QED) is 0.377. The van der Waals surface area contributed by atoms with Crippen LogP contribution in [-0.4, -0.2) is 37.0 Å². The van der Waals surface area contributed by atoms with Crippen molar-refractivity contribution in [2.75, 3.05) is 11.1 Å². The van der Waals surface area contributed by atoms with Gasteiger partial charge in [-0.2, -0.15) is 18.3 Å². The molecule has 0 spiro atoms. The van der Waals surface area contributed by atoms with Crippen LogP contribution in [0.2, 0.25) is 0 Å². The van der Waals surface area contributed by atoms with Gasteiger partial charge in [-0.25, -0.2) is 18.7 Å². The van der Waals surface area contributed by atoms with E-state index in [-0.39, 0.29) is 48.0 Å². The van der Waals surface area contributed by atoms with Gasteiger partial charge in [0.1, 0.15) is 28.8 Å². The van der Waals surface area contributed by atoms with Crippen molar-refractivity contribution in [3.8, 4) is 22.9 Å². The monoisotopic (exact) mass is 505 g/mol. The predicted molar refractivity (Wildman–Crippen MR) is 115 cm³/mol. The fraction of sp³-hybridized carbons (Fsp3) is 0.227. The second-order valence-electron chi connectivity index (χ2n) is 8.20. The maximum absolute atomic E-state index is 14.3. The Morgan fingerprint density at radius 2 is 1.97 bits per heavy atom. The number of carbonyl (C=O) groups is 1. The van der Waals surface area contributed by atoms with E-state index in [2.05, 4.69) is 25.5 Å². The van der Waals surface area contributed by atoms with Crippen LogP contribution in [0, 0.1) is 17.0 Å². The molecular weight excluding hydrogens is 489 g/mol. The molecule has 1 aromatic carbocycles. The van der Waals surface area contributed by atoms with Crippen LogP contribution in [0.15, 0.2) is 47.3 Å². The lowest BCUT2D eigenvalue weighted by atomic mass is 10.1. The van der Waals surface area contributed by atoms with Gasteiger partial charge in [0.05, 0.1) is 18.4 Å². The zero-order valence-corrected chi connectivity index (χ0v) is 18.2. The van der Waals surface area contributed by atoms with E-state index in [1.54, 1.807) is 0 Å². The van der Waals surface area contributed by atoms with E-state index >= 15 is 0 Å². The third-order valence-corrected chi connectivity index (χ3v) is 5.85. The second-order valence-corrected chi connectivity index (χ2v) is 8.20. The molecule has 3 heterocycles. The van der Waals surface area contributed by atoms with Crippen LogP contribution in [0.3, 0.4) is 0 Å². The van der Waals surface area contributed by atoms with Gasteiger partial charge in [-0.05, 0) is 25.0 Å². The summed E-state index contributed by atoms with van der Waals surface area (Å²) in [7, 11) is 0. The zero-order valence-electron chi connectivity index (χ0n) is 18.2. The lowest BCUT2D eigenvalue weighted by molar-refractivity contribution is -0.189. The number of alkyl halides is 3. The van der Waals surface area contributed by atoms with Crippen LogP contribution >= 0.6 is 0 Å². The van der Waals surface area contributed by atoms with E-state index in [9.17, 15) is 26.7 Å². The standard InChI is InChI=1S/C22H16F5N7O2/c23-12-3-1-2-11(17(12)24)10-34-16(13-4-7-36-33-13)8-14(32-34)19-29-9-15(18(28)31-19)30-20(35)21(5-6-21)22(25,26)27/h1-4,7-9H,5-6,10H2,(H,30,35)(H2,28,29,31). The van der Waals surface area contributed by atoms with Crippen LogP contribution in [0.1, 0.15) is 18.4 Å². The summed E-state index contributed by atoms with van der Waals surface area (Å²) in [5, 5.41) is 10.3. The van der Waals surface area contributed by atoms with Crippen molar-refractivity contribution in [1.82, 2.24) is 24.9 Å². The third-order valence-electron chi connectivity index (χ3n) is 5.85. The van der Waals surface area contributed by atoms with Crippen molar-refractivity contribution in [2.45, 2.75) is 25.6 Å². The Hall–Kier alpha value is -4.36. The fourth-order valence-corrected chi connectivity index (χ4v) is 3.65. The van der Waals surface area contributed by atoms with Crippen molar-refractivity contribution in [3.63, 3.8) is 0 Å². The first-order valence-corrected chi connectivity index (χ1v) is 10.5. The molecule has 1 aliphatic rings. The molecule has 1 saturated carbocycles. The van der Waals surface area contributed by atoms with E-state index in [4.69, 9.17) is 10.3 Å². The summed E-state index contributed by atoms with van der Waals surface area (Å²) in [4.78, 5) is 20.3. The van der Waals surface area contributed by atoms with Crippen LogP contribution in [0.25, 0.3) is 22.9 Å². The van der Waals surface area contributed by atoms with Gasteiger partial charge in [0.2, 0.25) is 5.91 Å². The Morgan fingerprint density at radius 1 is 1.19 bits per heavy atom. The minimum atomic E-state index is -4.68. The highest BCUT2D eigenvalue weighted by atomic mass is 19.4. The molecule has 9 nitrogen and oxygen atoms in total. The molecule has 0 atom stereocenters. The number of nitrogens with one attached hydrogen (secondary N) is 1. The van der Waals surface area contributed by atoms with Crippen molar-refractivity contribution in [1.29, 1.82) is 0 Å². The molecule has 186 valence electrons. The summed E-state index contributed by atoms with van der Waals surface area (Å²) < 4.78 is 73.8. The number of halogens is 5. The van der Waals surface area contributed by atoms with Gasteiger partial charge in [0.25, 0.3) is 0 Å². The van der Waals surface area contributed by atoms with Crippen LogP contribution in [0.4, 0.5) is 33.5 Å². The topological polar surface area (TPSA) is 125 Å². The SMILES string of the molecule is Nc1nc(-c2cc(-c3ccon3)n(Cc3cccc(F)c3F)n2)ncc1NC(=O)C1(C(F)(F)F)CC1. The lowest BCUT2D eigenvalue weighted by Gasteiger charge is -2.18. The molecule has 5 rings (SSSR count). The Bertz CT molecular complexity index is 1450. The first-order valence-electron chi connectivity index (χ1n) is 10.5. The average Bonchev–Trinajstić information content (AvgIpc) is 3.30. The van der Waals surface area contributed by atoms with Crippen molar-refractivity contribution < 1.29 is 31.3 Å². The molecule has 3 aromatic heterocycles. The number of nitrogens with zero attached hydrogens (tertiary/aromatic N) is 5. The molecule has 1 fully saturated rings. The van der Waals surface area contributed by atoms with Gasteiger partial charge in [0.15, 0.2) is 23.3 Å². The third kappa shape index (κ3) is 4.03. The lowest BCUT2D eigenvalue weighted by Crippen LogP contribution is -2.37. The Balaban J connectivity index is 1.45. The normalized spacial score (nSPS) is 14.6. The van der Waals surface area contributed by atoms with Gasteiger partial charge in [-0.1, -0.05) is 17.3 Å². The number of hydrogen-bond acceptors (Lipinski definition) is 7. The summed E-state index contributed by atoms with van der Waals surface area (Å²) in [5.41, 5.74) is 4.14. The maximum Gasteiger partial charge on any atom is 0.403 e. The predicted octanol–water partition coefficient (Wildman–Crippen LogP) is 4.18. The van der Waals surface area contributed by atoms with Gasteiger partial charge < -0.3 is 15.6 Å². The van der Waals surface area contributed by atoms with E-state index < -0.39 is 29.1 Å². The maximum atomic E-state index is 14.3. The number of carbonyl (C=O) groups excluding carboxylic acids is 1. The molecule has 0 unspecified atom stereocenters. The highest BCUT2D eigenvalue weighted by molar-refractivity contribution is 5.99. The second kappa shape index (κ2) is 8.39. The number of aromatic nitrogens is 5. The summed E-state index contributed by atoms with van der Waals surface area (Å²) in [6.45, 7) is -0.172. The van der Waals surface area contributed by atoms with Crippen molar-refractivity contribution in [3.05, 3.63) is 60.0 Å². The molecule has 1 amide bonds. The Kier molecular flexibility index (Phi) is 5.45. The highest BCUT2D eigenvalue weighted by Crippen LogP contribution is 2.58.